The Hall–Kier alpha value is -2.08. The molecule has 1 aromatic rings. The minimum Gasteiger partial charge on any atom is -0.374 e. The van der Waals surface area contributed by atoms with E-state index in [-0.39, 0.29) is 11.9 Å². The maximum atomic E-state index is 12.1. The minimum absolute atomic E-state index is 0.0433. The van der Waals surface area contributed by atoms with Crippen LogP contribution in [-0.4, -0.2) is 48.6 Å². The quantitative estimate of drug-likeness (QED) is 0.835. The van der Waals surface area contributed by atoms with Gasteiger partial charge in [0.2, 0.25) is 5.91 Å². The van der Waals surface area contributed by atoms with Gasteiger partial charge in [-0.1, -0.05) is 30.3 Å². The summed E-state index contributed by atoms with van der Waals surface area (Å²) in [4.78, 5) is 25.5. The smallest absolute Gasteiger partial charge is 0.315 e. The van der Waals surface area contributed by atoms with Crippen LogP contribution in [0.2, 0.25) is 0 Å². The number of urea groups is 1. The number of ether oxygens (including phenoxy) is 1. The second-order valence-corrected chi connectivity index (χ2v) is 6.56. The fourth-order valence-electron chi connectivity index (χ4n) is 2.49. The Morgan fingerprint density at radius 2 is 2.04 bits per heavy atom. The average molecular weight is 319 g/mol. The Labute approximate surface area is 137 Å². The molecule has 3 amide bonds. The molecule has 1 aromatic carbocycles. The zero-order valence-electron chi connectivity index (χ0n) is 14.0. The first-order chi connectivity index (χ1) is 10.9. The summed E-state index contributed by atoms with van der Waals surface area (Å²) in [5.74, 6) is -0.0433. The van der Waals surface area contributed by atoms with Gasteiger partial charge in [-0.05, 0) is 25.8 Å². The largest absolute Gasteiger partial charge is 0.374 e. The number of likely N-dealkylation sites (N-methyl/N-ethyl adjacent to an activating group) is 1. The molecule has 2 N–H and O–H groups in total. The molecule has 126 valence electrons. The summed E-state index contributed by atoms with van der Waals surface area (Å²) in [7, 11) is 1.74. The topological polar surface area (TPSA) is 70.7 Å². The lowest BCUT2D eigenvalue weighted by Crippen LogP contribution is -2.54. The van der Waals surface area contributed by atoms with Crippen LogP contribution in [0.1, 0.15) is 25.8 Å². The first-order valence-corrected chi connectivity index (χ1v) is 7.83. The zero-order valence-corrected chi connectivity index (χ0v) is 14.0. The van der Waals surface area contributed by atoms with Crippen LogP contribution in [0, 0.1) is 0 Å². The average Bonchev–Trinajstić information content (AvgIpc) is 2.79. The van der Waals surface area contributed by atoms with Crippen molar-refractivity contribution in [2.75, 3.05) is 20.2 Å². The van der Waals surface area contributed by atoms with Crippen molar-refractivity contribution in [2.45, 2.75) is 38.5 Å². The van der Waals surface area contributed by atoms with Gasteiger partial charge >= 0.3 is 6.03 Å². The first kappa shape index (κ1) is 17.3. The van der Waals surface area contributed by atoms with Crippen LogP contribution in [0.25, 0.3) is 0 Å². The lowest BCUT2D eigenvalue weighted by molar-refractivity contribution is -0.128. The van der Waals surface area contributed by atoms with Gasteiger partial charge in [0.1, 0.15) is 6.04 Å². The zero-order chi connectivity index (χ0) is 16.9. The van der Waals surface area contributed by atoms with Gasteiger partial charge in [0, 0.05) is 13.6 Å². The number of rotatable bonds is 6. The SMILES string of the molecule is CN1CC[C@H](NC(=O)NC(C)(C)COCc2ccccc2)C1=O. The third-order valence-electron chi connectivity index (χ3n) is 3.76. The Morgan fingerprint density at radius 1 is 1.35 bits per heavy atom. The molecule has 0 saturated carbocycles. The molecule has 0 radical (unpaired) electrons. The summed E-state index contributed by atoms with van der Waals surface area (Å²) in [5.41, 5.74) is 0.569. The van der Waals surface area contributed by atoms with Crippen molar-refractivity contribution in [3.8, 4) is 0 Å². The number of hydrogen-bond donors (Lipinski definition) is 2. The van der Waals surface area contributed by atoms with E-state index in [2.05, 4.69) is 10.6 Å². The third kappa shape index (κ3) is 5.25. The Balaban J connectivity index is 1.74. The highest BCUT2D eigenvalue weighted by Crippen LogP contribution is 2.10. The molecule has 1 aliphatic rings. The molecule has 6 nitrogen and oxygen atoms in total. The van der Waals surface area contributed by atoms with E-state index in [0.717, 1.165) is 5.56 Å². The van der Waals surface area contributed by atoms with Crippen LogP contribution >= 0.6 is 0 Å². The molecule has 0 aliphatic carbocycles. The van der Waals surface area contributed by atoms with Gasteiger partial charge in [-0.2, -0.15) is 0 Å². The first-order valence-electron chi connectivity index (χ1n) is 7.83. The number of hydrogen-bond acceptors (Lipinski definition) is 3. The Morgan fingerprint density at radius 3 is 2.65 bits per heavy atom. The molecule has 6 heteroatoms. The highest BCUT2D eigenvalue weighted by Gasteiger charge is 2.31. The summed E-state index contributed by atoms with van der Waals surface area (Å²) >= 11 is 0. The van der Waals surface area contributed by atoms with Crippen molar-refractivity contribution >= 4 is 11.9 Å². The summed E-state index contributed by atoms with van der Waals surface area (Å²) in [6, 6.07) is 9.11. The fourth-order valence-corrected chi connectivity index (χ4v) is 2.49. The van der Waals surface area contributed by atoms with Gasteiger partial charge in [0.15, 0.2) is 0 Å². The monoisotopic (exact) mass is 319 g/mol. The van der Waals surface area contributed by atoms with Crippen molar-refractivity contribution in [2.24, 2.45) is 0 Å². The molecular weight excluding hydrogens is 294 g/mol. The highest BCUT2D eigenvalue weighted by molar-refractivity contribution is 5.88. The molecular formula is C17H25N3O3. The number of likely N-dealkylation sites (tertiary alicyclic amines) is 1. The van der Waals surface area contributed by atoms with Crippen LogP contribution in [0.4, 0.5) is 4.79 Å². The predicted octanol–water partition coefficient (Wildman–Crippen LogP) is 1.51. The van der Waals surface area contributed by atoms with E-state index < -0.39 is 11.6 Å². The number of amides is 3. The van der Waals surface area contributed by atoms with Crippen LogP contribution < -0.4 is 10.6 Å². The Bertz CT molecular complexity index is 545. The molecule has 1 atom stereocenters. The van der Waals surface area contributed by atoms with Crippen molar-refractivity contribution in [1.29, 1.82) is 0 Å². The normalized spacial score (nSPS) is 18.1. The maximum absolute atomic E-state index is 12.1. The van der Waals surface area contributed by atoms with Crippen LogP contribution in [0.3, 0.4) is 0 Å². The van der Waals surface area contributed by atoms with E-state index in [0.29, 0.717) is 26.2 Å². The summed E-state index contributed by atoms with van der Waals surface area (Å²) in [6.07, 6.45) is 0.647. The van der Waals surface area contributed by atoms with Crippen molar-refractivity contribution < 1.29 is 14.3 Å². The number of carbonyl (C=O) groups is 2. The minimum atomic E-state index is -0.521. The molecule has 23 heavy (non-hydrogen) atoms. The van der Waals surface area contributed by atoms with Gasteiger partial charge < -0.3 is 20.3 Å². The van der Waals surface area contributed by atoms with Crippen molar-refractivity contribution in [1.82, 2.24) is 15.5 Å². The lowest BCUT2D eigenvalue weighted by atomic mass is 10.1. The number of carbonyl (C=O) groups excluding carboxylic acids is 2. The van der Waals surface area contributed by atoms with E-state index in [1.807, 2.05) is 44.2 Å². The second kappa shape index (κ2) is 7.46. The maximum Gasteiger partial charge on any atom is 0.315 e. The van der Waals surface area contributed by atoms with E-state index in [9.17, 15) is 9.59 Å². The van der Waals surface area contributed by atoms with E-state index >= 15 is 0 Å². The van der Waals surface area contributed by atoms with Crippen molar-refractivity contribution in [3.05, 3.63) is 35.9 Å². The summed E-state index contributed by atoms with van der Waals surface area (Å²) in [5, 5.41) is 5.59. The molecule has 0 bridgehead atoms. The van der Waals surface area contributed by atoms with Crippen LogP contribution in [0.5, 0.6) is 0 Å². The molecule has 1 saturated heterocycles. The molecule has 0 unspecified atom stereocenters. The standard InChI is InChI=1S/C17H25N3O3/c1-17(2,12-23-11-13-7-5-4-6-8-13)19-16(22)18-14-9-10-20(3)15(14)21/h4-8,14H,9-12H2,1-3H3,(H2,18,19,22)/t14-/m0/s1. The molecule has 0 spiro atoms. The second-order valence-electron chi connectivity index (χ2n) is 6.56. The molecule has 1 heterocycles. The Kier molecular flexibility index (Phi) is 5.60. The molecule has 2 rings (SSSR count). The summed E-state index contributed by atoms with van der Waals surface area (Å²) in [6.45, 7) is 5.33. The summed E-state index contributed by atoms with van der Waals surface area (Å²) < 4.78 is 5.68. The number of benzene rings is 1. The van der Waals surface area contributed by atoms with Crippen LogP contribution in [0.15, 0.2) is 30.3 Å². The van der Waals surface area contributed by atoms with Gasteiger partial charge in [-0.25, -0.2) is 4.79 Å². The van der Waals surface area contributed by atoms with Gasteiger partial charge in [0.25, 0.3) is 0 Å². The molecule has 1 fully saturated rings. The van der Waals surface area contributed by atoms with E-state index in [4.69, 9.17) is 4.74 Å². The van der Waals surface area contributed by atoms with Crippen LogP contribution in [-0.2, 0) is 16.1 Å². The molecule has 1 aliphatic heterocycles. The predicted molar refractivity (Wildman–Crippen MR) is 87.9 cm³/mol. The number of nitrogens with one attached hydrogen (secondary N) is 2. The van der Waals surface area contributed by atoms with Gasteiger partial charge in [-0.3, -0.25) is 4.79 Å². The fraction of sp³-hybridized carbons (Fsp3) is 0.529. The molecule has 0 aromatic heterocycles. The highest BCUT2D eigenvalue weighted by atomic mass is 16.5. The van der Waals surface area contributed by atoms with Gasteiger partial charge in [0.05, 0.1) is 18.8 Å². The third-order valence-corrected chi connectivity index (χ3v) is 3.76. The van der Waals surface area contributed by atoms with Gasteiger partial charge in [-0.15, -0.1) is 0 Å². The van der Waals surface area contributed by atoms with Crippen molar-refractivity contribution in [3.63, 3.8) is 0 Å². The van der Waals surface area contributed by atoms with E-state index in [1.54, 1.807) is 11.9 Å². The number of nitrogens with zero attached hydrogens (tertiary/aromatic N) is 1. The lowest BCUT2D eigenvalue weighted by Gasteiger charge is -2.27. The van der Waals surface area contributed by atoms with E-state index in [1.165, 1.54) is 0 Å².